The van der Waals surface area contributed by atoms with Crippen molar-refractivity contribution in [1.29, 1.82) is 0 Å². The van der Waals surface area contributed by atoms with Gasteiger partial charge >= 0.3 is 5.97 Å². The van der Waals surface area contributed by atoms with Crippen LogP contribution in [0.25, 0.3) is 0 Å². The summed E-state index contributed by atoms with van der Waals surface area (Å²) < 4.78 is 37.5. The lowest BCUT2D eigenvalue weighted by atomic mass is 9.74. The number of hydrogen-bond donors (Lipinski definition) is 0. The Bertz CT molecular complexity index is 674. The molecule has 0 saturated carbocycles. The summed E-state index contributed by atoms with van der Waals surface area (Å²) in [6.45, 7) is 2.32. The zero-order valence-electron chi connectivity index (χ0n) is 13.0. The third-order valence-corrected chi connectivity index (χ3v) is 7.86. The lowest BCUT2D eigenvalue weighted by molar-refractivity contribution is -0.0116. The fourth-order valence-corrected chi connectivity index (χ4v) is 6.21. The van der Waals surface area contributed by atoms with E-state index in [2.05, 4.69) is 9.72 Å². The highest BCUT2D eigenvalue weighted by atomic mass is 32.2. The molecule has 2 aliphatic rings. The maximum absolute atomic E-state index is 13.0. The van der Waals surface area contributed by atoms with Gasteiger partial charge in [-0.25, -0.2) is 18.2 Å². The van der Waals surface area contributed by atoms with E-state index in [-0.39, 0.29) is 15.3 Å². The summed E-state index contributed by atoms with van der Waals surface area (Å²) in [5, 5.41) is 0. The highest BCUT2D eigenvalue weighted by molar-refractivity contribution is 7.91. The van der Waals surface area contributed by atoms with E-state index in [0.29, 0.717) is 26.3 Å². The van der Waals surface area contributed by atoms with Gasteiger partial charge in [-0.05, 0) is 31.1 Å². The van der Waals surface area contributed by atoms with Crippen LogP contribution in [0.4, 0.5) is 0 Å². The smallest absolute Gasteiger partial charge is 0.358 e. The molecule has 23 heavy (non-hydrogen) atoms. The molecule has 0 N–H and O–H groups in total. The van der Waals surface area contributed by atoms with E-state index in [4.69, 9.17) is 4.74 Å². The molecule has 9 heteroatoms. The summed E-state index contributed by atoms with van der Waals surface area (Å²) in [4.78, 5) is 15.6. The zero-order chi connectivity index (χ0) is 16.5. The minimum Gasteiger partial charge on any atom is -0.464 e. The third-order valence-electron chi connectivity index (χ3n) is 4.67. The average Bonchev–Trinajstić information content (AvgIpc) is 3.05. The second-order valence-electron chi connectivity index (χ2n) is 6.03. The number of rotatable bonds is 3. The van der Waals surface area contributed by atoms with Gasteiger partial charge in [-0.1, -0.05) is 0 Å². The van der Waals surface area contributed by atoms with Crippen LogP contribution in [-0.2, 0) is 19.5 Å². The minimum absolute atomic E-state index is 0.000311. The molecule has 128 valence electrons. The van der Waals surface area contributed by atoms with Crippen LogP contribution in [0.1, 0.15) is 36.2 Å². The van der Waals surface area contributed by atoms with Crippen molar-refractivity contribution in [3.63, 3.8) is 0 Å². The summed E-state index contributed by atoms with van der Waals surface area (Å²) in [5.41, 5.74) is 1.25. The molecule has 0 aromatic carbocycles. The van der Waals surface area contributed by atoms with E-state index >= 15 is 0 Å². The molecule has 2 fully saturated rings. The van der Waals surface area contributed by atoms with Gasteiger partial charge in [0, 0.05) is 26.3 Å². The van der Waals surface area contributed by atoms with Gasteiger partial charge in [-0.3, -0.25) is 0 Å². The normalized spacial score (nSPS) is 22.1. The zero-order valence-corrected chi connectivity index (χ0v) is 14.6. The Hall–Kier alpha value is -1.03. The average molecular weight is 360 g/mol. The molecule has 3 heterocycles. The van der Waals surface area contributed by atoms with Gasteiger partial charge in [0.05, 0.1) is 12.6 Å². The van der Waals surface area contributed by atoms with E-state index in [1.165, 1.54) is 16.9 Å². The monoisotopic (exact) mass is 360 g/mol. The maximum atomic E-state index is 13.0. The van der Waals surface area contributed by atoms with Crippen molar-refractivity contribution in [1.82, 2.24) is 9.29 Å². The van der Waals surface area contributed by atoms with Crippen LogP contribution >= 0.6 is 11.3 Å². The molecule has 7 nitrogen and oxygen atoms in total. The van der Waals surface area contributed by atoms with Gasteiger partial charge in [-0.15, -0.1) is 11.3 Å². The number of thiazole rings is 1. The molecular formula is C14H20N2O5S2. The summed E-state index contributed by atoms with van der Waals surface area (Å²) in [6, 6.07) is 0. The highest BCUT2D eigenvalue weighted by Gasteiger charge is 2.42. The van der Waals surface area contributed by atoms with E-state index in [0.717, 1.165) is 37.0 Å². The first kappa shape index (κ1) is 16.8. The quantitative estimate of drug-likeness (QED) is 0.760. The number of piperidine rings is 1. The summed E-state index contributed by atoms with van der Waals surface area (Å²) in [5.74, 6) is -0.720. The van der Waals surface area contributed by atoms with E-state index in [1.54, 1.807) is 0 Å². The van der Waals surface area contributed by atoms with Crippen LogP contribution in [0.2, 0.25) is 0 Å². The van der Waals surface area contributed by atoms with Crippen molar-refractivity contribution < 1.29 is 22.7 Å². The molecule has 0 amide bonds. The number of carbonyl (C=O) groups is 1. The van der Waals surface area contributed by atoms with Crippen molar-refractivity contribution in [3.05, 3.63) is 11.2 Å². The SMILES string of the molecule is COC(=O)c1ncsc1S(=O)(=O)N1CCCC2(CCOCC2)C1. The van der Waals surface area contributed by atoms with Crippen LogP contribution < -0.4 is 0 Å². The Balaban J connectivity index is 1.88. The summed E-state index contributed by atoms with van der Waals surface area (Å²) in [7, 11) is -2.51. The van der Waals surface area contributed by atoms with Crippen LogP contribution in [0.15, 0.2) is 9.72 Å². The second kappa shape index (κ2) is 6.46. The first-order chi connectivity index (χ1) is 11.0. The molecule has 2 saturated heterocycles. The predicted octanol–water partition coefficient (Wildman–Crippen LogP) is 1.51. The fraction of sp³-hybridized carbons (Fsp3) is 0.714. The van der Waals surface area contributed by atoms with Crippen LogP contribution in [0.3, 0.4) is 0 Å². The van der Waals surface area contributed by atoms with Gasteiger partial charge in [0.25, 0.3) is 10.0 Å². The van der Waals surface area contributed by atoms with E-state index in [1.807, 2.05) is 0 Å². The number of ether oxygens (including phenoxy) is 2. The molecule has 1 aromatic heterocycles. The molecule has 1 aromatic rings. The predicted molar refractivity (Wildman–Crippen MR) is 83.9 cm³/mol. The molecule has 2 aliphatic heterocycles. The molecule has 0 atom stereocenters. The Kier molecular flexibility index (Phi) is 4.73. The minimum atomic E-state index is -3.73. The molecule has 0 bridgehead atoms. The first-order valence-corrected chi connectivity index (χ1v) is 9.90. The van der Waals surface area contributed by atoms with Crippen LogP contribution in [-0.4, -0.2) is 57.1 Å². The maximum Gasteiger partial charge on any atom is 0.358 e. The lowest BCUT2D eigenvalue weighted by Gasteiger charge is -2.44. The number of methoxy groups -OCH3 is 1. The lowest BCUT2D eigenvalue weighted by Crippen LogP contribution is -2.48. The van der Waals surface area contributed by atoms with Crippen molar-refractivity contribution in [2.75, 3.05) is 33.4 Å². The van der Waals surface area contributed by atoms with E-state index in [9.17, 15) is 13.2 Å². The van der Waals surface area contributed by atoms with Gasteiger partial charge in [-0.2, -0.15) is 4.31 Å². The van der Waals surface area contributed by atoms with Gasteiger partial charge in [0.15, 0.2) is 9.90 Å². The number of sulfonamides is 1. The molecule has 0 unspecified atom stereocenters. The molecule has 0 radical (unpaired) electrons. The Morgan fingerprint density at radius 3 is 2.83 bits per heavy atom. The highest BCUT2D eigenvalue weighted by Crippen LogP contribution is 2.41. The molecular weight excluding hydrogens is 340 g/mol. The van der Waals surface area contributed by atoms with Crippen molar-refractivity contribution in [2.45, 2.75) is 29.9 Å². The molecule has 3 rings (SSSR count). The van der Waals surface area contributed by atoms with Crippen molar-refractivity contribution in [2.24, 2.45) is 5.41 Å². The van der Waals surface area contributed by atoms with E-state index < -0.39 is 16.0 Å². The molecule has 1 spiro atoms. The first-order valence-electron chi connectivity index (χ1n) is 7.58. The Morgan fingerprint density at radius 1 is 1.39 bits per heavy atom. The Labute approximate surface area is 139 Å². The van der Waals surface area contributed by atoms with Gasteiger partial charge in [0.2, 0.25) is 0 Å². The van der Waals surface area contributed by atoms with Crippen LogP contribution in [0, 0.1) is 5.41 Å². The number of esters is 1. The molecule has 0 aliphatic carbocycles. The largest absolute Gasteiger partial charge is 0.464 e. The Morgan fingerprint density at radius 2 is 2.13 bits per heavy atom. The summed E-state index contributed by atoms with van der Waals surface area (Å²) in [6.07, 6.45) is 3.61. The van der Waals surface area contributed by atoms with Crippen molar-refractivity contribution in [3.8, 4) is 0 Å². The van der Waals surface area contributed by atoms with Crippen molar-refractivity contribution >= 4 is 27.3 Å². The third kappa shape index (κ3) is 3.15. The number of aromatic nitrogens is 1. The second-order valence-corrected chi connectivity index (χ2v) is 9.02. The summed E-state index contributed by atoms with van der Waals surface area (Å²) >= 11 is 0.963. The number of hydrogen-bond acceptors (Lipinski definition) is 7. The van der Waals surface area contributed by atoms with Gasteiger partial charge in [0.1, 0.15) is 0 Å². The standard InChI is InChI=1S/C14H20N2O5S2/c1-20-12(17)11-13(22-10-15-11)23(18,19)16-6-2-3-14(9-16)4-7-21-8-5-14/h10H,2-9H2,1H3. The van der Waals surface area contributed by atoms with Crippen LogP contribution in [0.5, 0.6) is 0 Å². The topological polar surface area (TPSA) is 85.8 Å². The fourth-order valence-electron chi connectivity index (χ4n) is 3.35. The number of nitrogens with zero attached hydrogens (tertiary/aromatic N) is 2. The number of carbonyl (C=O) groups excluding carboxylic acids is 1. The van der Waals surface area contributed by atoms with Gasteiger partial charge < -0.3 is 9.47 Å².